The van der Waals surface area contributed by atoms with Crippen molar-refractivity contribution in [1.82, 2.24) is 0 Å². The van der Waals surface area contributed by atoms with E-state index in [1.54, 1.807) is 19.2 Å². The van der Waals surface area contributed by atoms with E-state index in [0.717, 1.165) is 6.42 Å². The summed E-state index contributed by atoms with van der Waals surface area (Å²) in [5.41, 5.74) is 0.558. The molecule has 0 bridgehead atoms. The van der Waals surface area contributed by atoms with Crippen molar-refractivity contribution < 1.29 is 13.9 Å². The first-order valence-corrected chi connectivity index (χ1v) is 5.87. The van der Waals surface area contributed by atoms with Crippen LogP contribution in [-0.4, -0.2) is 26.2 Å². The average Bonchev–Trinajstić information content (AvgIpc) is 2.37. The van der Waals surface area contributed by atoms with E-state index in [-0.39, 0.29) is 12.1 Å². The summed E-state index contributed by atoms with van der Waals surface area (Å²) >= 11 is 0. The zero-order chi connectivity index (χ0) is 14.1. The SMILES string of the molecule is COCCCNc1c(F)cccc1NC(=O)CC#N. The van der Waals surface area contributed by atoms with Crippen molar-refractivity contribution in [2.45, 2.75) is 12.8 Å². The molecule has 1 aromatic carbocycles. The molecule has 0 saturated carbocycles. The van der Waals surface area contributed by atoms with Crippen LogP contribution in [0.15, 0.2) is 18.2 Å². The summed E-state index contributed by atoms with van der Waals surface area (Å²) in [4.78, 5) is 11.3. The minimum atomic E-state index is -0.465. The Morgan fingerprint density at radius 2 is 2.32 bits per heavy atom. The van der Waals surface area contributed by atoms with Crippen LogP contribution in [0.3, 0.4) is 0 Å². The van der Waals surface area contributed by atoms with Crippen LogP contribution in [-0.2, 0) is 9.53 Å². The van der Waals surface area contributed by atoms with Gasteiger partial charge < -0.3 is 15.4 Å². The minimum absolute atomic E-state index is 0.227. The first-order chi connectivity index (χ1) is 9.19. The van der Waals surface area contributed by atoms with Crippen LogP contribution in [0.1, 0.15) is 12.8 Å². The summed E-state index contributed by atoms with van der Waals surface area (Å²) in [6.45, 7) is 1.09. The van der Waals surface area contributed by atoms with Crippen molar-refractivity contribution in [2.75, 3.05) is 30.9 Å². The molecule has 0 aliphatic rings. The van der Waals surface area contributed by atoms with Crippen molar-refractivity contribution in [3.63, 3.8) is 0 Å². The van der Waals surface area contributed by atoms with E-state index in [2.05, 4.69) is 10.6 Å². The molecule has 1 amide bonds. The molecule has 0 saturated heterocycles. The van der Waals surface area contributed by atoms with Gasteiger partial charge in [0.15, 0.2) is 0 Å². The molecule has 1 rings (SSSR count). The Labute approximate surface area is 111 Å². The van der Waals surface area contributed by atoms with Gasteiger partial charge in [-0.25, -0.2) is 4.39 Å². The highest BCUT2D eigenvalue weighted by Crippen LogP contribution is 2.25. The molecular weight excluding hydrogens is 249 g/mol. The highest BCUT2D eigenvalue weighted by molar-refractivity contribution is 5.95. The number of methoxy groups -OCH3 is 1. The molecule has 19 heavy (non-hydrogen) atoms. The molecule has 0 radical (unpaired) electrons. The number of carbonyl (C=O) groups is 1. The van der Waals surface area contributed by atoms with Crippen LogP contribution >= 0.6 is 0 Å². The third kappa shape index (κ3) is 4.94. The molecule has 0 spiro atoms. The van der Waals surface area contributed by atoms with Gasteiger partial charge in [-0.3, -0.25) is 4.79 Å². The number of anilines is 2. The summed E-state index contributed by atoms with van der Waals surface area (Å²) < 4.78 is 18.6. The molecule has 5 nitrogen and oxygen atoms in total. The number of hydrogen-bond donors (Lipinski definition) is 2. The van der Waals surface area contributed by atoms with Crippen LogP contribution in [0.5, 0.6) is 0 Å². The smallest absolute Gasteiger partial charge is 0.238 e. The van der Waals surface area contributed by atoms with Gasteiger partial charge in [0.1, 0.15) is 12.2 Å². The number of nitrogens with zero attached hydrogens (tertiary/aromatic N) is 1. The minimum Gasteiger partial charge on any atom is -0.385 e. The van der Waals surface area contributed by atoms with Crippen LogP contribution in [0, 0.1) is 17.1 Å². The fraction of sp³-hybridized carbons (Fsp3) is 0.385. The number of benzene rings is 1. The molecule has 1 aromatic rings. The van der Waals surface area contributed by atoms with E-state index in [1.807, 2.05) is 0 Å². The molecule has 6 heteroatoms. The first-order valence-electron chi connectivity index (χ1n) is 5.87. The second-order valence-electron chi connectivity index (χ2n) is 3.82. The van der Waals surface area contributed by atoms with Gasteiger partial charge in [-0.15, -0.1) is 0 Å². The largest absolute Gasteiger partial charge is 0.385 e. The van der Waals surface area contributed by atoms with Crippen LogP contribution < -0.4 is 10.6 Å². The van der Waals surface area contributed by atoms with E-state index in [0.29, 0.717) is 18.8 Å². The molecule has 2 N–H and O–H groups in total. The predicted octanol–water partition coefficient (Wildman–Crippen LogP) is 2.13. The molecular formula is C13H16FN3O2. The monoisotopic (exact) mass is 265 g/mol. The number of para-hydroxylation sites is 1. The van der Waals surface area contributed by atoms with Crippen LogP contribution in [0.2, 0.25) is 0 Å². The maximum atomic E-state index is 13.7. The highest BCUT2D eigenvalue weighted by atomic mass is 19.1. The van der Waals surface area contributed by atoms with Gasteiger partial charge in [0, 0.05) is 20.3 Å². The fourth-order valence-corrected chi connectivity index (χ4v) is 1.50. The van der Waals surface area contributed by atoms with E-state index < -0.39 is 11.7 Å². The quantitative estimate of drug-likeness (QED) is 0.741. The number of ether oxygens (including phenoxy) is 1. The lowest BCUT2D eigenvalue weighted by Gasteiger charge is -2.13. The Morgan fingerprint density at radius 1 is 1.53 bits per heavy atom. The normalized spacial score (nSPS) is 9.74. The zero-order valence-corrected chi connectivity index (χ0v) is 10.7. The number of nitriles is 1. The summed E-state index contributed by atoms with van der Waals surface area (Å²) in [5.74, 6) is -0.916. The summed E-state index contributed by atoms with van der Waals surface area (Å²) in [6.07, 6.45) is 0.454. The Kier molecular flexibility index (Phi) is 6.33. The van der Waals surface area contributed by atoms with Crippen LogP contribution in [0.4, 0.5) is 15.8 Å². The second kappa shape index (κ2) is 8.06. The van der Waals surface area contributed by atoms with E-state index in [9.17, 15) is 9.18 Å². The summed E-state index contributed by atoms with van der Waals surface area (Å²) in [5, 5.41) is 13.8. The summed E-state index contributed by atoms with van der Waals surface area (Å²) in [6, 6.07) is 6.12. The molecule has 0 aliphatic carbocycles. The Bertz CT molecular complexity index is 471. The summed E-state index contributed by atoms with van der Waals surface area (Å²) in [7, 11) is 1.59. The van der Waals surface area contributed by atoms with Gasteiger partial charge in [-0.05, 0) is 18.6 Å². The molecule has 0 heterocycles. The van der Waals surface area contributed by atoms with Gasteiger partial charge in [-0.1, -0.05) is 6.07 Å². The lowest BCUT2D eigenvalue weighted by molar-refractivity contribution is -0.115. The maximum absolute atomic E-state index is 13.7. The van der Waals surface area contributed by atoms with Crippen molar-refractivity contribution in [1.29, 1.82) is 5.26 Å². The van der Waals surface area contributed by atoms with E-state index in [1.165, 1.54) is 12.1 Å². The van der Waals surface area contributed by atoms with Crippen LogP contribution in [0.25, 0.3) is 0 Å². The number of amides is 1. The third-order valence-electron chi connectivity index (χ3n) is 2.35. The lowest BCUT2D eigenvalue weighted by Crippen LogP contribution is -2.14. The van der Waals surface area contributed by atoms with Crippen molar-refractivity contribution in [3.8, 4) is 6.07 Å². The molecule has 0 atom stereocenters. The third-order valence-corrected chi connectivity index (χ3v) is 2.35. The number of rotatable bonds is 7. The fourth-order valence-electron chi connectivity index (χ4n) is 1.50. The van der Waals surface area contributed by atoms with Crippen molar-refractivity contribution in [3.05, 3.63) is 24.0 Å². The van der Waals surface area contributed by atoms with E-state index in [4.69, 9.17) is 10.00 Å². The Balaban J connectivity index is 2.72. The highest BCUT2D eigenvalue weighted by Gasteiger charge is 2.10. The predicted molar refractivity (Wildman–Crippen MR) is 70.2 cm³/mol. The Hall–Kier alpha value is -2.13. The molecule has 0 unspecified atom stereocenters. The zero-order valence-electron chi connectivity index (χ0n) is 10.7. The number of nitrogens with one attached hydrogen (secondary N) is 2. The van der Waals surface area contributed by atoms with Gasteiger partial charge in [0.2, 0.25) is 5.91 Å². The Morgan fingerprint density at radius 3 is 3.00 bits per heavy atom. The molecule has 0 aliphatic heterocycles. The number of carbonyl (C=O) groups excluding carboxylic acids is 1. The van der Waals surface area contributed by atoms with E-state index >= 15 is 0 Å². The topological polar surface area (TPSA) is 74.2 Å². The van der Waals surface area contributed by atoms with Gasteiger partial charge in [0.25, 0.3) is 0 Å². The second-order valence-corrected chi connectivity index (χ2v) is 3.82. The van der Waals surface area contributed by atoms with Crippen molar-refractivity contribution in [2.24, 2.45) is 0 Å². The molecule has 0 aromatic heterocycles. The van der Waals surface area contributed by atoms with Gasteiger partial charge in [-0.2, -0.15) is 5.26 Å². The number of halogens is 1. The molecule has 102 valence electrons. The first kappa shape index (κ1) is 14.9. The standard InChI is InChI=1S/C13H16FN3O2/c1-19-9-3-8-16-13-10(14)4-2-5-11(13)17-12(18)6-7-15/h2,4-5,16H,3,6,8-9H2,1H3,(H,17,18). The lowest BCUT2D eigenvalue weighted by atomic mass is 10.2. The number of hydrogen-bond acceptors (Lipinski definition) is 4. The van der Waals surface area contributed by atoms with Gasteiger partial charge >= 0.3 is 0 Å². The molecule has 0 fully saturated rings. The average molecular weight is 265 g/mol. The maximum Gasteiger partial charge on any atom is 0.238 e. The van der Waals surface area contributed by atoms with Crippen molar-refractivity contribution >= 4 is 17.3 Å². The van der Waals surface area contributed by atoms with Gasteiger partial charge in [0.05, 0.1) is 17.4 Å².